The summed E-state index contributed by atoms with van der Waals surface area (Å²) < 4.78 is 13.2. The molecule has 0 bridgehead atoms. The first-order valence-corrected chi connectivity index (χ1v) is 7.09. The Kier molecular flexibility index (Phi) is 5.16. The minimum Gasteiger partial charge on any atom is -0.505 e. The van der Waals surface area contributed by atoms with Crippen molar-refractivity contribution in [1.29, 1.82) is 0 Å². The maximum Gasteiger partial charge on any atom is 0.165 e. The lowest BCUT2D eigenvalue weighted by atomic mass is 10.1. The smallest absolute Gasteiger partial charge is 0.165 e. The van der Waals surface area contributed by atoms with Crippen molar-refractivity contribution in [3.63, 3.8) is 0 Å². The zero-order chi connectivity index (χ0) is 13.7. The van der Waals surface area contributed by atoms with Crippen LogP contribution in [0.25, 0.3) is 0 Å². The highest BCUT2D eigenvalue weighted by Crippen LogP contribution is 2.20. The van der Waals surface area contributed by atoms with E-state index in [4.69, 9.17) is 0 Å². The van der Waals surface area contributed by atoms with E-state index in [1.807, 2.05) is 0 Å². The summed E-state index contributed by atoms with van der Waals surface area (Å²) in [7, 11) is 0. The molecular weight excluding hydrogens is 243 g/mol. The van der Waals surface area contributed by atoms with Crippen molar-refractivity contribution in [2.75, 3.05) is 19.6 Å². The topological polar surface area (TPSA) is 35.5 Å². The molecule has 1 aromatic carbocycles. The molecule has 0 radical (unpaired) electrons. The number of aromatic hydroxyl groups is 1. The Labute approximate surface area is 114 Å². The molecule has 2 N–H and O–H groups in total. The van der Waals surface area contributed by atoms with Gasteiger partial charge < -0.3 is 15.3 Å². The third-order valence-electron chi connectivity index (χ3n) is 3.69. The molecule has 4 heteroatoms. The lowest BCUT2D eigenvalue weighted by Crippen LogP contribution is -2.41. The fraction of sp³-hybridized carbons (Fsp3) is 0.600. The Morgan fingerprint density at radius 1 is 1.32 bits per heavy atom. The minimum atomic E-state index is -0.553. The van der Waals surface area contributed by atoms with Crippen LogP contribution >= 0.6 is 0 Å². The number of hydrogen-bond acceptors (Lipinski definition) is 3. The number of para-hydroxylation sites is 1. The summed E-state index contributed by atoms with van der Waals surface area (Å²) in [6.45, 7) is 5.99. The predicted molar refractivity (Wildman–Crippen MR) is 74.7 cm³/mol. The normalized spacial score (nSPS) is 18.4. The monoisotopic (exact) mass is 266 g/mol. The molecule has 1 aromatic rings. The van der Waals surface area contributed by atoms with Gasteiger partial charge in [0.05, 0.1) is 0 Å². The standard InChI is InChI=1S/C15H23FN2O/c1-12(11-18-8-3-2-4-9-18)17-10-13-6-5-7-14(16)15(13)19/h5-7,12,17,19H,2-4,8-11H2,1H3. The van der Waals surface area contributed by atoms with Crippen molar-refractivity contribution >= 4 is 0 Å². The fourth-order valence-electron chi connectivity index (χ4n) is 2.58. The SMILES string of the molecule is CC(CN1CCCCC1)NCc1cccc(F)c1O. The summed E-state index contributed by atoms with van der Waals surface area (Å²) in [5.41, 5.74) is 0.616. The molecular formula is C15H23FN2O. The number of piperidine rings is 1. The number of halogens is 1. The largest absolute Gasteiger partial charge is 0.505 e. The average Bonchev–Trinajstić information content (AvgIpc) is 2.42. The van der Waals surface area contributed by atoms with E-state index in [1.54, 1.807) is 12.1 Å². The third kappa shape index (κ3) is 4.18. The minimum absolute atomic E-state index is 0.236. The van der Waals surface area contributed by atoms with E-state index in [-0.39, 0.29) is 5.75 Å². The van der Waals surface area contributed by atoms with Crippen LogP contribution in [-0.2, 0) is 6.54 Å². The van der Waals surface area contributed by atoms with Crippen molar-refractivity contribution in [2.45, 2.75) is 38.8 Å². The highest BCUT2D eigenvalue weighted by Gasteiger charge is 2.13. The van der Waals surface area contributed by atoms with Gasteiger partial charge in [-0.1, -0.05) is 18.6 Å². The van der Waals surface area contributed by atoms with E-state index >= 15 is 0 Å². The number of nitrogens with zero attached hydrogens (tertiary/aromatic N) is 1. The van der Waals surface area contributed by atoms with Gasteiger partial charge in [-0.15, -0.1) is 0 Å². The van der Waals surface area contributed by atoms with Crippen molar-refractivity contribution in [3.8, 4) is 5.75 Å². The van der Waals surface area contributed by atoms with Gasteiger partial charge in [0.25, 0.3) is 0 Å². The molecule has 1 unspecified atom stereocenters. The molecule has 0 aliphatic carbocycles. The van der Waals surface area contributed by atoms with Crippen LogP contribution in [0.5, 0.6) is 5.75 Å². The molecule has 1 fully saturated rings. The van der Waals surface area contributed by atoms with Gasteiger partial charge in [0, 0.05) is 24.7 Å². The van der Waals surface area contributed by atoms with Crippen LogP contribution < -0.4 is 5.32 Å². The van der Waals surface area contributed by atoms with Gasteiger partial charge in [-0.05, 0) is 38.9 Å². The predicted octanol–water partition coefficient (Wildman–Crippen LogP) is 2.50. The van der Waals surface area contributed by atoms with Crippen LogP contribution in [0.15, 0.2) is 18.2 Å². The van der Waals surface area contributed by atoms with Gasteiger partial charge in [0.15, 0.2) is 11.6 Å². The average molecular weight is 266 g/mol. The molecule has 0 aromatic heterocycles. The molecule has 1 atom stereocenters. The van der Waals surface area contributed by atoms with Crippen LogP contribution in [-0.4, -0.2) is 35.7 Å². The molecule has 1 aliphatic heterocycles. The molecule has 0 spiro atoms. The molecule has 0 amide bonds. The Balaban J connectivity index is 1.79. The maximum absolute atomic E-state index is 13.2. The number of rotatable bonds is 5. The second-order valence-electron chi connectivity index (χ2n) is 5.39. The first-order valence-electron chi connectivity index (χ1n) is 7.09. The van der Waals surface area contributed by atoms with E-state index in [1.165, 1.54) is 38.4 Å². The summed E-state index contributed by atoms with van der Waals surface area (Å²) in [5.74, 6) is -0.789. The first-order chi connectivity index (χ1) is 9.16. The van der Waals surface area contributed by atoms with Gasteiger partial charge in [-0.25, -0.2) is 4.39 Å². The number of phenols is 1. The van der Waals surface area contributed by atoms with E-state index in [2.05, 4.69) is 17.1 Å². The van der Waals surface area contributed by atoms with E-state index < -0.39 is 5.82 Å². The van der Waals surface area contributed by atoms with Crippen molar-refractivity contribution in [1.82, 2.24) is 10.2 Å². The molecule has 106 valence electrons. The van der Waals surface area contributed by atoms with Gasteiger partial charge >= 0.3 is 0 Å². The summed E-state index contributed by atoms with van der Waals surface area (Å²) in [5, 5.41) is 13.0. The van der Waals surface area contributed by atoms with E-state index in [0.717, 1.165) is 6.54 Å². The summed E-state index contributed by atoms with van der Waals surface area (Å²) >= 11 is 0. The summed E-state index contributed by atoms with van der Waals surface area (Å²) in [4.78, 5) is 2.46. The van der Waals surface area contributed by atoms with Gasteiger partial charge in [0.1, 0.15) is 0 Å². The van der Waals surface area contributed by atoms with Crippen LogP contribution in [0.1, 0.15) is 31.7 Å². The number of nitrogens with one attached hydrogen (secondary N) is 1. The van der Waals surface area contributed by atoms with Crippen molar-refractivity contribution in [3.05, 3.63) is 29.6 Å². The van der Waals surface area contributed by atoms with E-state index in [0.29, 0.717) is 18.2 Å². The number of benzene rings is 1. The highest BCUT2D eigenvalue weighted by molar-refractivity contribution is 5.33. The third-order valence-corrected chi connectivity index (χ3v) is 3.69. The number of hydrogen-bond donors (Lipinski definition) is 2. The lowest BCUT2D eigenvalue weighted by Gasteiger charge is -2.29. The zero-order valence-corrected chi connectivity index (χ0v) is 11.5. The molecule has 2 rings (SSSR count). The Morgan fingerprint density at radius 2 is 2.05 bits per heavy atom. The Hall–Kier alpha value is -1.13. The van der Waals surface area contributed by atoms with Gasteiger partial charge in [0.2, 0.25) is 0 Å². The summed E-state index contributed by atoms with van der Waals surface area (Å²) in [6, 6.07) is 4.98. The van der Waals surface area contributed by atoms with Gasteiger partial charge in [-0.2, -0.15) is 0 Å². The second kappa shape index (κ2) is 6.87. The lowest BCUT2D eigenvalue weighted by molar-refractivity contribution is 0.208. The highest BCUT2D eigenvalue weighted by atomic mass is 19.1. The van der Waals surface area contributed by atoms with Crippen LogP contribution in [0.3, 0.4) is 0 Å². The molecule has 19 heavy (non-hydrogen) atoms. The quantitative estimate of drug-likeness (QED) is 0.859. The molecule has 1 aliphatic rings. The fourth-order valence-corrected chi connectivity index (χ4v) is 2.58. The van der Waals surface area contributed by atoms with Crippen LogP contribution in [0, 0.1) is 5.82 Å². The Bertz CT molecular complexity index is 405. The van der Waals surface area contributed by atoms with Crippen LogP contribution in [0.2, 0.25) is 0 Å². The number of likely N-dealkylation sites (tertiary alicyclic amines) is 1. The maximum atomic E-state index is 13.2. The number of phenolic OH excluding ortho intramolecular Hbond substituents is 1. The Morgan fingerprint density at radius 3 is 2.79 bits per heavy atom. The zero-order valence-electron chi connectivity index (χ0n) is 11.5. The van der Waals surface area contributed by atoms with Crippen molar-refractivity contribution in [2.24, 2.45) is 0 Å². The molecule has 1 saturated heterocycles. The van der Waals surface area contributed by atoms with Gasteiger partial charge in [-0.3, -0.25) is 0 Å². The molecule has 1 heterocycles. The summed E-state index contributed by atoms with van der Waals surface area (Å²) in [6.07, 6.45) is 3.92. The van der Waals surface area contributed by atoms with E-state index in [9.17, 15) is 9.50 Å². The first kappa shape index (κ1) is 14.3. The second-order valence-corrected chi connectivity index (χ2v) is 5.39. The van der Waals surface area contributed by atoms with Crippen LogP contribution in [0.4, 0.5) is 4.39 Å². The molecule has 3 nitrogen and oxygen atoms in total. The molecule has 0 saturated carbocycles. The van der Waals surface area contributed by atoms with Crippen molar-refractivity contribution < 1.29 is 9.50 Å².